The van der Waals surface area contributed by atoms with Crippen LogP contribution in [0.15, 0.2) is 16.6 Å². The number of benzene rings is 1. The molecule has 1 aliphatic rings. The van der Waals surface area contributed by atoms with Gasteiger partial charge in [-0.05, 0) is 51.9 Å². The van der Waals surface area contributed by atoms with Gasteiger partial charge >= 0.3 is 0 Å². The molecule has 4 heteroatoms. The van der Waals surface area contributed by atoms with E-state index in [1.54, 1.807) is 7.11 Å². The van der Waals surface area contributed by atoms with E-state index in [1.807, 2.05) is 12.1 Å². The van der Waals surface area contributed by atoms with Crippen LogP contribution in [0.4, 0.5) is 0 Å². The van der Waals surface area contributed by atoms with Crippen molar-refractivity contribution in [3.8, 4) is 11.5 Å². The lowest BCUT2D eigenvalue weighted by molar-refractivity contribution is 0.371. The van der Waals surface area contributed by atoms with Crippen LogP contribution in [-0.2, 0) is 6.54 Å². The molecule has 17 heavy (non-hydrogen) atoms. The van der Waals surface area contributed by atoms with E-state index in [2.05, 4.69) is 28.2 Å². The fraction of sp³-hybridized carbons (Fsp3) is 0.538. The van der Waals surface area contributed by atoms with Crippen molar-refractivity contribution in [2.45, 2.75) is 26.3 Å². The van der Waals surface area contributed by atoms with Gasteiger partial charge in [0, 0.05) is 13.1 Å². The molecule has 0 atom stereocenters. The first-order valence-corrected chi connectivity index (χ1v) is 6.59. The molecule has 0 saturated heterocycles. The lowest BCUT2D eigenvalue weighted by atomic mass is 10.1. The maximum absolute atomic E-state index is 9.69. The van der Waals surface area contributed by atoms with Crippen molar-refractivity contribution < 1.29 is 9.84 Å². The summed E-state index contributed by atoms with van der Waals surface area (Å²) in [5, 5.41) is 13.1. The van der Waals surface area contributed by atoms with Crippen LogP contribution in [0.3, 0.4) is 0 Å². The Labute approximate surface area is 110 Å². The van der Waals surface area contributed by atoms with Gasteiger partial charge in [-0.15, -0.1) is 0 Å². The van der Waals surface area contributed by atoms with E-state index in [-0.39, 0.29) is 5.75 Å². The zero-order chi connectivity index (χ0) is 12.5. The second kappa shape index (κ2) is 4.86. The number of rotatable bonds is 5. The average molecular weight is 300 g/mol. The lowest BCUT2D eigenvalue weighted by Crippen LogP contribution is -2.21. The van der Waals surface area contributed by atoms with Gasteiger partial charge < -0.3 is 15.2 Å². The Hall–Kier alpha value is -0.740. The van der Waals surface area contributed by atoms with E-state index in [9.17, 15) is 5.11 Å². The highest BCUT2D eigenvalue weighted by Crippen LogP contribution is 2.44. The molecule has 2 rings (SSSR count). The number of aromatic hydroxyl groups is 1. The number of hydrogen-bond acceptors (Lipinski definition) is 3. The molecule has 1 aliphatic carbocycles. The quantitative estimate of drug-likeness (QED) is 0.878. The van der Waals surface area contributed by atoms with Gasteiger partial charge in [0.15, 0.2) is 11.5 Å². The van der Waals surface area contributed by atoms with E-state index < -0.39 is 0 Å². The third kappa shape index (κ3) is 3.13. The van der Waals surface area contributed by atoms with Crippen molar-refractivity contribution in [1.82, 2.24) is 5.32 Å². The summed E-state index contributed by atoms with van der Waals surface area (Å²) < 4.78 is 5.79. The SMILES string of the molecule is COc1cc(CNCC2(C)CC2)cc(Br)c1O. The molecule has 0 aliphatic heterocycles. The Bertz CT molecular complexity index is 416. The van der Waals surface area contributed by atoms with Gasteiger partial charge in [0.1, 0.15) is 0 Å². The highest BCUT2D eigenvalue weighted by Gasteiger charge is 2.36. The number of hydrogen-bond donors (Lipinski definition) is 2. The van der Waals surface area contributed by atoms with Gasteiger partial charge in [-0.1, -0.05) is 6.92 Å². The minimum absolute atomic E-state index is 0.158. The minimum Gasteiger partial charge on any atom is -0.503 e. The molecule has 0 amide bonds. The Morgan fingerprint density at radius 2 is 2.18 bits per heavy atom. The molecule has 3 nitrogen and oxygen atoms in total. The van der Waals surface area contributed by atoms with Crippen LogP contribution in [0.25, 0.3) is 0 Å². The molecular formula is C13H18BrNO2. The van der Waals surface area contributed by atoms with Crippen molar-refractivity contribution in [2.24, 2.45) is 5.41 Å². The van der Waals surface area contributed by atoms with Gasteiger partial charge in [0.05, 0.1) is 11.6 Å². The molecule has 1 aromatic rings. The van der Waals surface area contributed by atoms with Crippen LogP contribution in [0.5, 0.6) is 11.5 Å². The number of phenolic OH excluding ortho intramolecular Hbond substituents is 1. The fourth-order valence-corrected chi connectivity index (χ4v) is 2.27. The van der Waals surface area contributed by atoms with Crippen LogP contribution in [0, 0.1) is 5.41 Å². The predicted octanol–water partition coefficient (Wildman–Crippen LogP) is 3.05. The van der Waals surface area contributed by atoms with Crippen LogP contribution in [0.1, 0.15) is 25.3 Å². The summed E-state index contributed by atoms with van der Waals surface area (Å²) >= 11 is 3.32. The van der Waals surface area contributed by atoms with Crippen LogP contribution in [0.2, 0.25) is 0 Å². The molecule has 1 fully saturated rings. The molecule has 0 spiro atoms. The van der Waals surface area contributed by atoms with Crippen LogP contribution >= 0.6 is 15.9 Å². The van der Waals surface area contributed by atoms with Crippen molar-refractivity contribution in [3.63, 3.8) is 0 Å². The lowest BCUT2D eigenvalue weighted by Gasteiger charge is -2.12. The first-order valence-electron chi connectivity index (χ1n) is 5.80. The molecule has 0 heterocycles. The smallest absolute Gasteiger partial charge is 0.172 e. The Balaban J connectivity index is 1.98. The molecule has 0 radical (unpaired) electrons. The zero-order valence-electron chi connectivity index (χ0n) is 10.2. The van der Waals surface area contributed by atoms with Gasteiger partial charge in [-0.25, -0.2) is 0 Å². The number of ether oxygens (including phenoxy) is 1. The molecule has 0 aromatic heterocycles. The standard InChI is InChI=1S/C13H18BrNO2/c1-13(3-4-13)8-15-7-9-5-10(14)12(16)11(6-9)17-2/h5-6,15-16H,3-4,7-8H2,1-2H3. The Kier molecular flexibility index (Phi) is 3.64. The third-order valence-corrected chi connectivity index (χ3v) is 3.90. The van der Waals surface area contributed by atoms with E-state index >= 15 is 0 Å². The topological polar surface area (TPSA) is 41.5 Å². The number of nitrogens with one attached hydrogen (secondary N) is 1. The summed E-state index contributed by atoms with van der Waals surface area (Å²) in [6, 6.07) is 3.78. The molecule has 1 aromatic carbocycles. The van der Waals surface area contributed by atoms with Crippen molar-refractivity contribution in [1.29, 1.82) is 0 Å². The zero-order valence-corrected chi connectivity index (χ0v) is 11.8. The largest absolute Gasteiger partial charge is 0.503 e. The van der Waals surface area contributed by atoms with E-state index in [0.29, 0.717) is 15.6 Å². The van der Waals surface area contributed by atoms with Crippen LogP contribution in [-0.4, -0.2) is 18.8 Å². The molecule has 0 bridgehead atoms. The minimum atomic E-state index is 0.158. The van der Waals surface area contributed by atoms with Crippen LogP contribution < -0.4 is 10.1 Å². The maximum Gasteiger partial charge on any atom is 0.172 e. The summed E-state index contributed by atoms with van der Waals surface area (Å²) in [6.45, 7) is 4.14. The fourth-order valence-electron chi connectivity index (χ4n) is 1.78. The van der Waals surface area contributed by atoms with Crippen molar-refractivity contribution in [3.05, 3.63) is 22.2 Å². The summed E-state index contributed by atoms with van der Waals surface area (Å²) in [5.41, 5.74) is 1.62. The Morgan fingerprint density at radius 1 is 1.47 bits per heavy atom. The summed E-state index contributed by atoms with van der Waals surface area (Å²) in [5.74, 6) is 0.666. The Morgan fingerprint density at radius 3 is 2.76 bits per heavy atom. The average Bonchev–Trinajstić information content (AvgIpc) is 3.01. The van der Waals surface area contributed by atoms with E-state index in [0.717, 1.165) is 18.7 Å². The van der Waals surface area contributed by atoms with Crippen molar-refractivity contribution in [2.75, 3.05) is 13.7 Å². The van der Waals surface area contributed by atoms with Gasteiger partial charge in [0.25, 0.3) is 0 Å². The highest BCUT2D eigenvalue weighted by molar-refractivity contribution is 9.10. The van der Waals surface area contributed by atoms with E-state index in [1.165, 1.54) is 12.8 Å². The monoisotopic (exact) mass is 299 g/mol. The van der Waals surface area contributed by atoms with Gasteiger partial charge in [0.2, 0.25) is 0 Å². The first-order chi connectivity index (χ1) is 8.04. The highest BCUT2D eigenvalue weighted by atomic mass is 79.9. The number of phenols is 1. The normalized spacial score (nSPS) is 16.9. The maximum atomic E-state index is 9.69. The third-order valence-electron chi connectivity index (χ3n) is 3.29. The second-order valence-electron chi connectivity index (χ2n) is 5.04. The van der Waals surface area contributed by atoms with Gasteiger partial charge in [-0.3, -0.25) is 0 Å². The summed E-state index contributed by atoms with van der Waals surface area (Å²) in [4.78, 5) is 0. The second-order valence-corrected chi connectivity index (χ2v) is 5.90. The predicted molar refractivity (Wildman–Crippen MR) is 71.4 cm³/mol. The molecule has 0 unspecified atom stereocenters. The molecule has 2 N–H and O–H groups in total. The molecule has 94 valence electrons. The van der Waals surface area contributed by atoms with Crippen molar-refractivity contribution >= 4 is 15.9 Å². The van der Waals surface area contributed by atoms with E-state index in [4.69, 9.17) is 4.74 Å². The number of methoxy groups -OCH3 is 1. The summed E-state index contributed by atoms with van der Waals surface area (Å²) in [7, 11) is 1.56. The number of halogens is 1. The summed E-state index contributed by atoms with van der Waals surface area (Å²) in [6.07, 6.45) is 2.64. The molecular weight excluding hydrogens is 282 g/mol. The molecule has 1 saturated carbocycles. The first kappa shape index (κ1) is 12.7. The van der Waals surface area contributed by atoms with Gasteiger partial charge in [-0.2, -0.15) is 0 Å².